The normalized spacial score (nSPS) is 17.7. The van der Waals surface area contributed by atoms with Crippen molar-refractivity contribution >= 4 is 12.1 Å². The van der Waals surface area contributed by atoms with Gasteiger partial charge in [-0.15, -0.1) is 0 Å². The minimum Gasteiger partial charge on any atom is -0.480 e. The van der Waals surface area contributed by atoms with Crippen molar-refractivity contribution in [3.8, 4) is 0 Å². The smallest absolute Gasteiger partial charge is 0.408 e. The van der Waals surface area contributed by atoms with E-state index < -0.39 is 17.6 Å². The number of likely N-dealkylation sites (tertiary alicyclic amines) is 1. The predicted molar refractivity (Wildman–Crippen MR) is 86.1 cm³/mol. The molecule has 126 valence electrons. The second-order valence-corrected chi connectivity index (χ2v) is 6.20. The summed E-state index contributed by atoms with van der Waals surface area (Å²) < 4.78 is 5.15. The topological polar surface area (TPSA) is 78.9 Å². The lowest BCUT2D eigenvalue weighted by atomic mass is 9.87. The Morgan fingerprint density at radius 3 is 2.39 bits per heavy atom. The Labute approximate surface area is 136 Å². The first-order valence-electron chi connectivity index (χ1n) is 7.89. The van der Waals surface area contributed by atoms with Crippen molar-refractivity contribution in [2.75, 3.05) is 13.1 Å². The first-order chi connectivity index (χ1) is 10.9. The van der Waals surface area contributed by atoms with Crippen LogP contribution in [-0.4, -0.2) is 46.7 Å². The Morgan fingerprint density at radius 2 is 1.87 bits per heavy atom. The summed E-state index contributed by atoms with van der Waals surface area (Å²) in [5.41, 5.74) is -0.374. The van der Waals surface area contributed by atoms with Crippen molar-refractivity contribution < 1.29 is 19.4 Å². The van der Waals surface area contributed by atoms with Crippen LogP contribution in [0.15, 0.2) is 30.3 Å². The van der Waals surface area contributed by atoms with Crippen LogP contribution in [0.5, 0.6) is 0 Å². The molecule has 1 saturated heterocycles. The van der Waals surface area contributed by atoms with Gasteiger partial charge in [0, 0.05) is 19.1 Å². The van der Waals surface area contributed by atoms with E-state index in [4.69, 9.17) is 4.74 Å². The molecule has 23 heavy (non-hydrogen) atoms. The molecule has 1 aromatic rings. The number of amides is 1. The molecular weight excluding hydrogens is 296 g/mol. The summed E-state index contributed by atoms with van der Waals surface area (Å²) >= 11 is 0. The van der Waals surface area contributed by atoms with Crippen LogP contribution in [0.1, 0.15) is 32.3 Å². The third kappa shape index (κ3) is 4.45. The van der Waals surface area contributed by atoms with Gasteiger partial charge in [0.05, 0.1) is 0 Å². The van der Waals surface area contributed by atoms with E-state index >= 15 is 0 Å². The Morgan fingerprint density at radius 1 is 1.26 bits per heavy atom. The average molecular weight is 320 g/mol. The number of carboxylic acids is 1. The number of nitrogens with zero attached hydrogens (tertiary/aromatic N) is 1. The third-order valence-electron chi connectivity index (χ3n) is 4.35. The lowest BCUT2D eigenvalue weighted by molar-refractivity contribution is -0.147. The molecule has 0 spiro atoms. The molecule has 1 amide bonds. The van der Waals surface area contributed by atoms with E-state index in [1.807, 2.05) is 30.3 Å². The molecule has 0 aromatic heterocycles. The third-order valence-corrected chi connectivity index (χ3v) is 4.35. The molecule has 1 aliphatic heterocycles. The molecule has 0 bridgehead atoms. The fourth-order valence-corrected chi connectivity index (χ4v) is 2.77. The molecule has 1 aliphatic rings. The minimum absolute atomic E-state index is 0.125. The first kappa shape index (κ1) is 17.3. The fraction of sp³-hybridized carbons (Fsp3) is 0.529. The molecule has 0 aliphatic carbocycles. The summed E-state index contributed by atoms with van der Waals surface area (Å²) in [5, 5.41) is 12.1. The molecule has 6 nitrogen and oxygen atoms in total. The minimum atomic E-state index is -1.24. The highest BCUT2D eigenvalue weighted by Crippen LogP contribution is 2.24. The van der Waals surface area contributed by atoms with Crippen molar-refractivity contribution in [2.24, 2.45) is 0 Å². The summed E-state index contributed by atoms with van der Waals surface area (Å²) in [6.07, 6.45) is 0.0660. The number of hydrogen-bond donors (Lipinski definition) is 2. The molecule has 0 saturated carbocycles. The van der Waals surface area contributed by atoms with E-state index in [-0.39, 0.29) is 6.61 Å². The van der Waals surface area contributed by atoms with Gasteiger partial charge in [-0.2, -0.15) is 0 Å². The Hall–Kier alpha value is -2.08. The zero-order chi connectivity index (χ0) is 16.9. The molecule has 6 heteroatoms. The van der Waals surface area contributed by atoms with Gasteiger partial charge in [-0.1, -0.05) is 30.3 Å². The highest BCUT2D eigenvalue weighted by molar-refractivity contribution is 5.84. The van der Waals surface area contributed by atoms with Gasteiger partial charge in [0.2, 0.25) is 0 Å². The average Bonchev–Trinajstić information content (AvgIpc) is 2.54. The summed E-state index contributed by atoms with van der Waals surface area (Å²) in [7, 11) is 0. The van der Waals surface area contributed by atoms with Crippen molar-refractivity contribution in [1.29, 1.82) is 0 Å². The van der Waals surface area contributed by atoms with E-state index in [2.05, 4.69) is 24.1 Å². The Balaban J connectivity index is 1.92. The highest BCUT2D eigenvalue weighted by Gasteiger charge is 2.43. The summed E-state index contributed by atoms with van der Waals surface area (Å²) in [4.78, 5) is 25.9. The summed E-state index contributed by atoms with van der Waals surface area (Å²) in [6, 6.07) is 9.66. The molecule has 1 heterocycles. The summed E-state index contributed by atoms with van der Waals surface area (Å²) in [6.45, 7) is 5.57. The number of carbonyl (C=O) groups excluding carboxylic acids is 1. The molecule has 1 fully saturated rings. The van der Waals surface area contributed by atoms with E-state index in [1.165, 1.54) is 0 Å². The van der Waals surface area contributed by atoms with Gasteiger partial charge >= 0.3 is 12.1 Å². The van der Waals surface area contributed by atoms with Crippen molar-refractivity contribution in [3.05, 3.63) is 35.9 Å². The molecule has 0 unspecified atom stereocenters. The van der Waals surface area contributed by atoms with Gasteiger partial charge in [-0.05, 0) is 32.3 Å². The van der Waals surface area contributed by atoms with Crippen LogP contribution >= 0.6 is 0 Å². The Bertz CT molecular complexity index is 537. The lowest BCUT2D eigenvalue weighted by Gasteiger charge is -2.40. The van der Waals surface area contributed by atoms with Crippen molar-refractivity contribution in [1.82, 2.24) is 10.2 Å². The Kier molecular flexibility index (Phi) is 5.60. The first-order valence-corrected chi connectivity index (χ1v) is 7.89. The number of piperidine rings is 1. The van der Waals surface area contributed by atoms with Crippen LogP contribution < -0.4 is 5.32 Å². The SMILES string of the molecule is CC(C)N1CCC(NC(=O)OCc2ccccc2)(C(=O)O)CC1. The maximum absolute atomic E-state index is 12.0. The lowest BCUT2D eigenvalue weighted by Crippen LogP contribution is -2.60. The molecule has 0 radical (unpaired) electrons. The largest absolute Gasteiger partial charge is 0.480 e. The number of benzene rings is 1. The van der Waals surface area contributed by atoms with Gasteiger partial charge in [-0.25, -0.2) is 9.59 Å². The van der Waals surface area contributed by atoms with Crippen LogP contribution in [0.25, 0.3) is 0 Å². The standard InChI is InChI=1S/C17H24N2O4/c1-13(2)19-10-8-17(9-11-19,15(20)21)18-16(22)23-12-14-6-4-3-5-7-14/h3-7,13H,8-12H2,1-2H3,(H,18,22)(H,20,21). The van der Waals surface area contributed by atoms with Gasteiger partial charge < -0.3 is 20.1 Å². The fourth-order valence-electron chi connectivity index (χ4n) is 2.77. The van der Waals surface area contributed by atoms with Gasteiger partial charge in [0.1, 0.15) is 12.1 Å². The molecule has 2 N–H and O–H groups in total. The van der Waals surface area contributed by atoms with Gasteiger partial charge in [-0.3, -0.25) is 0 Å². The van der Waals surface area contributed by atoms with Crippen LogP contribution in [0.2, 0.25) is 0 Å². The molecular formula is C17H24N2O4. The number of ether oxygens (including phenoxy) is 1. The van der Waals surface area contributed by atoms with E-state index in [1.54, 1.807) is 0 Å². The molecule has 2 rings (SSSR count). The predicted octanol–water partition coefficient (Wildman–Crippen LogP) is 2.24. The van der Waals surface area contributed by atoms with Crippen molar-refractivity contribution in [3.63, 3.8) is 0 Å². The molecule has 0 atom stereocenters. The number of hydrogen-bond acceptors (Lipinski definition) is 4. The number of nitrogens with one attached hydrogen (secondary N) is 1. The monoisotopic (exact) mass is 320 g/mol. The van der Waals surface area contributed by atoms with Crippen LogP contribution in [0.3, 0.4) is 0 Å². The number of alkyl carbamates (subject to hydrolysis) is 1. The second-order valence-electron chi connectivity index (χ2n) is 6.20. The van der Waals surface area contributed by atoms with Gasteiger partial charge in [0.25, 0.3) is 0 Å². The zero-order valence-corrected chi connectivity index (χ0v) is 13.6. The number of carboxylic acid groups (broad SMARTS) is 1. The van der Waals surface area contributed by atoms with E-state index in [0.717, 1.165) is 5.56 Å². The number of rotatable bonds is 5. The van der Waals surface area contributed by atoms with Crippen molar-refractivity contribution in [2.45, 2.75) is 44.9 Å². The van der Waals surface area contributed by atoms with Crippen LogP contribution in [0.4, 0.5) is 4.79 Å². The number of carbonyl (C=O) groups is 2. The van der Waals surface area contributed by atoms with E-state index in [9.17, 15) is 14.7 Å². The summed E-state index contributed by atoms with van der Waals surface area (Å²) in [5.74, 6) is -1.00. The van der Waals surface area contributed by atoms with Gasteiger partial charge in [0.15, 0.2) is 0 Å². The second kappa shape index (κ2) is 7.46. The van der Waals surface area contributed by atoms with Crippen LogP contribution in [-0.2, 0) is 16.1 Å². The maximum Gasteiger partial charge on any atom is 0.408 e. The number of aliphatic carboxylic acids is 1. The molecule has 1 aromatic carbocycles. The maximum atomic E-state index is 12.0. The quantitative estimate of drug-likeness (QED) is 0.870. The van der Waals surface area contributed by atoms with E-state index in [0.29, 0.717) is 32.0 Å². The zero-order valence-electron chi connectivity index (χ0n) is 13.6. The van der Waals surface area contributed by atoms with Crippen LogP contribution in [0, 0.1) is 0 Å². The highest BCUT2D eigenvalue weighted by atomic mass is 16.5.